The van der Waals surface area contributed by atoms with Gasteiger partial charge in [0.2, 0.25) is 6.29 Å². The molecule has 5 atom stereocenters. The number of ether oxygens (including phenoxy) is 3. The highest BCUT2D eigenvalue weighted by Crippen LogP contribution is 2.28. The molecule has 5 unspecified atom stereocenters. The number of carboxylic acid groups (broad SMARTS) is 1. The van der Waals surface area contributed by atoms with Gasteiger partial charge in [0.25, 0.3) is 0 Å². The van der Waals surface area contributed by atoms with E-state index in [-0.39, 0.29) is 6.61 Å². The number of rotatable bonds is 7. The lowest BCUT2D eigenvalue weighted by Crippen LogP contribution is -2.61. The molecule has 2 rings (SSSR count). The third kappa shape index (κ3) is 6.56. The average molecular weight is 429 g/mol. The zero-order valence-corrected chi connectivity index (χ0v) is 17.6. The van der Waals surface area contributed by atoms with Gasteiger partial charge in [-0.15, -0.1) is 0 Å². The minimum absolute atomic E-state index is 0.0493. The quantitative estimate of drug-likeness (QED) is 0.423. The number of benzene rings is 1. The van der Waals surface area contributed by atoms with Crippen LogP contribution in [0.2, 0.25) is 0 Å². The molecule has 0 bridgehead atoms. The lowest BCUT2D eigenvalue weighted by Gasteiger charge is -2.38. The maximum atomic E-state index is 11.4. The van der Waals surface area contributed by atoms with E-state index in [0.717, 1.165) is 0 Å². The van der Waals surface area contributed by atoms with Crippen LogP contribution in [0.1, 0.15) is 38.8 Å². The molecule has 10 heteroatoms. The first-order valence-corrected chi connectivity index (χ1v) is 9.90. The number of carboxylic acids is 1. The Kier molecular flexibility index (Phi) is 10.5. The van der Waals surface area contributed by atoms with E-state index in [1.165, 1.54) is 0 Å². The molecule has 5 N–H and O–H groups in total. The summed E-state index contributed by atoms with van der Waals surface area (Å²) in [6, 6.07) is 4.95. The van der Waals surface area contributed by atoms with Gasteiger partial charge in [-0.1, -0.05) is 26.8 Å². The van der Waals surface area contributed by atoms with Crippen molar-refractivity contribution >= 4 is 12.1 Å². The van der Waals surface area contributed by atoms with Crippen LogP contribution in [0.25, 0.3) is 0 Å². The topological polar surface area (TPSA) is 155 Å². The molecule has 0 aromatic heterocycles. The van der Waals surface area contributed by atoms with Crippen molar-refractivity contribution in [2.75, 3.05) is 6.54 Å². The first-order valence-electron chi connectivity index (χ1n) is 9.90. The number of amides is 1. The fourth-order valence-corrected chi connectivity index (χ4v) is 2.73. The van der Waals surface area contributed by atoms with Crippen LogP contribution < -0.4 is 10.1 Å². The number of aliphatic hydroxyl groups excluding tert-OH is 3. The predicted octanol–water partition coefficient (Wildman–Crippen LogP) is 0.792. The van der Waals surface area contributed by atoms with E-state index in [1.807, 2.05) is 20.8 Å². The Morgan fingerprint density at radius 2 is 1.77 bits per heavy atom. The Morgan fingerprint density at radius 3 is 2.33 bits per heavy atom. The molecule has 1 aromatic rings. The third-order valence-electron chi connectivity index (χ3n) is 4.25. The Bertz CT molecular complexity index is 697. The molecule has 1 amide bonds. The van der Waals surface area contributed by atoms with Crippen molar-refractivity contribution in [2.45, 2.75) is 71.4 Å². The summed E-state index contributed by atoms with van der Waals surface area (Å²) in [5.74, 6) is -1.18. The van der Waals surface area contributed by atoms with Crippen LogP contribution in [0.3, 0.4) is 0 Å². The van der Waals surface area contributed by atoms with E-state index < -0.39 is 42.8 Å². The summed E-state index contributed by atoms with van der Waals surface area (Å²) in [5, 5.41) is 41.3. The number of aliphatic carboxylic acids is 1. The SMILES string of the molecule is CC.CCNC(=O)OCc1ccc(OC2OC(C(=O)O)C(O)C(O)C2O)c(CC)c1. The molecule has 170 valence electrons. The van der Waals surface area contributed by atoms with Gasteiger partial charge in [0, 0.05) is 6.54 Å². The van der Waals surface area contributed by atoms with Crippen molar-refractivity contribution in [1.82, 2.24) is 5.32 Å². The number of hydrogen-bond donors (Lipinski definition) is 5. The summed E-state index contributed by atoms with van der Waals surface area (Å²) in [7, 11) is 0. The second kappa shape index (κ2) is 12.3. The Balaban J connectivity index is 0.00000218. The van der Waals surface area contributed by atoms with Gasteiger partial charge in [-0.2, -0.15) is 0 Å². The van der Waals surface area contributed by atoms with E-state index in [0.29, 0.717) is 29.8 Å². The minimum Gasteiger partial charge on any atom is -0.479 e. The lowest BCUT2D eigenvalue weighted by atomic mass is 9.99. The van der Waals surface area contributed by atoms with Gasteiger partial charge in [-0.05, 0) is 36.6 Å². The normalized spacial score (nSPS) is 25.5. The number of alkyl carbamates (subject to hydrolysis) is 1. The number of carbonyl (C=O) groups is 2. The van der Waals surface area contributed by atoms with Crippen LogP contribution in [-0.2, 0) is 27.3 Å². The van der Waals surface area contributed by atoms with Crippen molar-refractivity contribution < 1.29 is 44.2 Å². The first-order chi connectivity index (χ1) is 14.3. The average Bonchev–Trinajstić information content (AvgIpc) is 2.74. The van der Waals surface area contributed by atoms with Gasteiger partial charge in [-0.25, -0.2) is 9.59 Å². The summed E-state index contributed by atoms with van der Waals surface area (Å²) >= 11 is 0. The molecule has 1 heterocycles. The minimum atomic E-state index is -1.79. The van der Waals surface area contributed by atoms with E-state index in [2.05, 4.69) is 5.32 Å². The van der Waals surface area contributed by atoms with E-state index in [4.69, 9.17) is 19.3 Å². The second-order valence-corrected chi connectivity index (χ2v) is 6.26. The highest BCUT2D eigenvalue weighted by Gasteiger charge is 2.48. The second-order valence-electron chi connectivity index (χ2n) is 6.26. The number of hydrogen-bond acceptors (Lipinski definition) is 8. The van der Waals surface area contributed by atoms with Gasteiger partial charge in [0.1, 0.15) is 30.7 Å². The molecule has 1 saturated heterocycles. The highest BCUT2D eigenvalue weighted by molar-refractivity contribution is 5.73. The molecule has 1 aliphatic rings. The maximum absolute atomic E-state index is 11.4. The lowest BCUT2D eigenvalue weighted by molar-refractivity contribution is -0.271. The monoisotopic (exact) mass is 429 g/mol. The fourth-order valence-electron chi connectivity index (χ4n) is 2.73. The summed E-state index contributed by atoms with van der Waals surface area (Å²) < 4.78 is 15.8. The molecule has 1 aromatic carbocycles. The van der Waals surface area contributed by atoms with Crippen LogP contribution in [0.4, 0.5) is 4.79 Å². The largest absolute Gasteiger partial charge is 0.479 e. The molecular formula is C20H31NO9. The third-order valence-corrected chi connectivity index (χ3v) is 4.25. The Morgan fingerprint density at radius 1 is 1.10 bits per heavy atom. The predicted molar refractivity (Wildman–Crippen MR) is 106 cm³/mol. The van der Waals surface area contributed by atoms with Crippen molar-refractivity contribution in [1.29, 1.82) is 0 Å². The van der Waals surface area contributed by atoms with Gasteiger partial charge in [-0.3, -0.25) is 0 Å². The molecule has 10 nitrogen and oxygen atoms in total. The number of aryl methyl sites for hydroxylation is 1. The van der Waals surface area contributed by atoms with Crippen LogP contribution in [0, 0.1) is 0 Å². The summed E-state index contributed by atoms with van der Waals surface area (Å²) in [4.78, 5) is 22.6. The summed E-state index contributed by atoms with van der Waals surface area (Å²) in [6.45, 7) is 8.13. The maximum Gasteiger partial charge on any atom is 0.407 e. The van der Waals surface area contributed by atoms with Crippen molar-refractivity contribution in [3.05, 3.63) is 29.3 Å². The molecule has 30 heavy (non-hydrogen) atoms. The zero-order chi connectivity index (χ0) is 22.8. The smallest absolute Gasteiger partial charge is 0.407 e. The summed E-state index contributed by atoms with van der Waals surface area (Å²) in [6.07, 6.45) is -8.40. The Hall–Kier alpha value is -2.40. The van der Waals surface area contributed by atoms with Crippen LogP contribution in [0.15, 0.2) is 18.2 Å². The van der Waals surface area contributed by atoms with E-state index in [9.17, 15) is 24.9 Å². The molecule has 0 aliphatic carbocycles. The van der Waals surface area contributed by atoms with Crippen molar-refractivity contribution in [3.8, 4) is 5.75 Å². The number of aliphatic hydroxyl groups is 3. The summed E-state index contributed by atoms with van der Waals surface area (Å²) in [5.41, 5.74) is 1.40. The van der Waals surface area contributed by atoms with Crippen molar-refractivity contribution in [2.24, 2.45) is 0 Å². The van der Waals surface area contributed by atoms with E-state index >= 15 is 0 Å². The Labute approximate surface area is 175 Å². The van der Waals surface area contributed by atoms with Gasteiger partial charge >= 0.3 is 12.1 Å². The van der Waals surface area contributed by atoms with Gasteiger partial charge in [0.15, 0.2) is 6.10 Å². The van der Waals surface area contributed by atoms with Crippen molar-refractivity contribution in [3.63, 3.8) is 0 Å². The number of nitrogens with one attached hydrogen (secondary N) is 1. The first kappa shape index (κ1) is 25.6. The molecule has 1 fully saturated rings. The highest BCUT2D eigenvalue weighted by atomic mass is 16.7. The molecule has 0 spiro atoms. The van der Waals surface area contributed by atoms with Crippen LogP contribution in [-0.4, -0.2) is 69.7 Å². The van der Waals surface area contributed by atoms with Crippen LogP contribution >= 0.6 is 0 Å². The molecule has 0 radical (unpaired) electrons. The molecular weight excluding hydrogens is 398 g/mol. The molecule has 0 saturated carbocycles. The molecule has 1 aliphatic heterocycles. The van der Waals surface area contributed by atoms with Gasteiger partial charge in [0.05, 0.1) is 0 Å². The van der Waals surface area contributed by atoms with E-state index in [1.54, 1.807) is 25.1 Å². The fraction of sp³-hybridized carbons (Fsp3) is 0.600. The van der Waals surface area contributed by atoms with Gasteiger partial charge < -0.3 is 40.0 Å². The van der Waals surface area contributed by atoms with Crippen LogP contribution in [0.5, 0.6) is 5.75 Å². The zero-order valence-electron chi connectivity index (χ0n) is 17.6. The standard InChI is InChI=1S/C18H25NO9.C2H6/c1-3-10-7-9(8-26-18(25)19-4-2)5-6-11(10)27-17-14(22)12(20)13(21)15(28-17)16(23)24;1-2/h5-7,12-15,17,20-22H,3-4,8H2,1-2H3,(H,19,25)(H,23,24);1-2H3. The number of carbonyl (C=O) groups excluding carboxylic acids is 1.